The SMILES string of the molecule is CS(=O)(=O)N1C[C@@H](C(=O)N2CCC(Cc3ccccc3)CC2)Oc2ccc(Cl)cc21. The Kier molecular flexibility index (Phi) is 5.93. The molecule has 1 atom stereocenters. The number of ether oxygens (including phenoxy) is 1. The third kappa shape index (κ3) is 4.57. The van der Waals surface area contributed by atoms with Gasteiger partial charge in [-0.2, -0.15) is 0 Å². The summed E-state index contributed by atoms with van der Waals surface area (Å²) in [6, 6.07) is 15.2. The molecule has 0 aliphatic carbocycles. The van der Waals surface area contributed by atoms with Crippen molar-refractivity contribution in [1.82, 2.24) is 4.90 Å². The lowest BCUT2D eigenvalue weighted by Crippen LogP contribution is -2.53. The molecule has 6 nitrogen and oxygen atoms in total. The van der Waals surface area contributed by atoms with Gasteiger partial charge >= 0.3 is 0 Å². The second kappa shape index (κ2) is 8.47. The molecule has 1 fully saturated rings. The highest BCUT2D eigenvalue weighted by molar-refractivity contribution is 7.92. The van der Waals surface area contributed by atoms with E-state index in [1.807, 2.05) is 18.2 Å². The maximum Gasteiger partial charge on any atom is 0.265 e. The first kappa shape index (κ1) is 21.0. The van der Waals surface area contributed by atoms with Crippen molar-refractivity contribution in [1.29, 1.82) is 0 Å². The molecule has 0 spiro atoms. The molecule has 30 heavy (non-hydrogen) atoms. The van der Waals surface area contributed by atoms with Gasteiger partial charge in [-0.15, -0.1) is 0 Å². The molecule has 2 aromatic rings. The Labute approximate surface area is 182 Å². The Morgan fingerprint density at radius 2 is 1.83 bits per heavy atom. The summed E-state index contributed by atoms with van der Waals surface area (Å²) in [5.74, 6) is 0.731. The normalized spacial score (nSPS) is 19.9. The van der Waals surface area contributed by atoms with Gasteiger partial charge in [-0.05, 0) is 48.9 Å². The zero-order chi connectivity index (χ0) is 21.3. The van der Waals surface area contributed by atoms with Crippen molar-refractivity contribution in [3.63, 3.8) is 0 Å². The fraction of sp³-hybridized carbons (Fsp3) is 0.409. The van der Waals surface area contributed by atoms with Crippen molar-refractivity contribution < 1.29 is 17.9 Å². The van der Waals surface area contributed by atoms with Gasteiger partial charge in [-0.1, -0.05) is 41.9 Å². The Morgan fingerprint density at radius 1 is 1.13 bits per heavy atom. The molecule has 0 unspecified atom stereocenters. The molecule has 4 rings (SSSR count). The molecule has 0 saturated carbocycles. The van der Waals surface area contributed by atoms with E-state index in [1.165, 1.54) is 9.87 Å². The highest BCUT2D eigenvalue weighted by atomic mass is 35.5. The summed E-state index contributed by atoms with van der Waals surface area (Å²) in [4.78, 5) is 14.9. The minimum absolute atomic E-state index is 0.0467. The second-order valence-corrected chi connectivity index (χ2v) is 10.3. The van der Waals surface area contributed by atoms with Crippen LogP contribution in [-0.4, -0.2) is 51.2 Å². The number of carbonyl (C=O) groups is 1. The van der Waals surface area contributed by atoms with E-state index < -0.39 is 16.1 Å². The fourth-order valence-electron chi connectivity index (χ4n) is 4.18. The minimum atomic E-state index is -3.57. The molecule has 8 heteroatoms. The number of benzene rings is 2. The van der Waals surface area contributed by atoms with Crippen LogP contribution in [0.3, 0.4) is 0 Å². The Bertz CT molecular complexity index is 1020. The number of halogens is 1. The van der Waals surface area contributed by atoms with Crippen LogP contribution in [0.15, 0.2) is 48.5 Å². The summed E-state index contributed by atoms with van der Waals surface area (Å²) in [7, 11) is -3.57. The third-order valence-corrected chi connectivity index (χ3v) is 7.14. The van der Waals surface area contributed by atoms with Crippen molar-refractivity contribution in [3.05, 3.63) is 59.1 Å². The van der Waals surface area contributed by atoms with Gasteiger partial charge in [-0.25, -0.2) is 8.42 Å². The first-order valence-electron chi connectivity index (χ1n) is 10.1. The number of nitrogens with zero attached hydrogens (tertiary/aromatic N) is 2. The van der Waals surface area contributed by atoms with Gasteiger partial charge in [0.05, 0.1) is 18.5 Å². The summed E-state index contributed by atoms with van der Waals surface area (Å²) >= 11 is 6.03. The summed E-state index contributed by atoms with van der Waals surface area (Å²) in [6.45, 7) is 1.26. The predicted molar refractivity (Wildman–Crippen MR) is 118 cm³/mol. The van der Waals surface area contributed by atoms with E-state index >= 15 is 0 Å². The lowest BCUT2D eigenvalue weighted by Gasteiger charge is -2.38. The van der Waals surface area contributed by atoms with Crippen LogP contribution in [0.5, 0.6) is 5.75 Å². The number of sulfonamides is 1. The molecule has 0 N–H and O–H groups in total. The zero-order valence-corrected chi connectivity index (χ0v) is 18.4. The average Bonchev–Trinajstić information content (AvgIpc) is 2.73. The van der Waals surface area contributed by atoms with Gasteiger partial charge in [0.2, 0.25) is 10.0 Å². The van der Waals surface area contributed by atoms with E-state index in [0.717, 1.165) is 25.5 Å². The Hall–Kier alpha value is -2.25. The number of fused-ring (bicyclic) bond motifs is 1. The van der Waals surface area contributed by atoms with Crippen LogP contribution >= 0.6 is 11.6 Å². The molecular weight excluding hydrogens is 424 g/mol. The van der Waals surface area contributed by atoms with Crippen LogP contribution in [0.2, 0.25) is 5.02 Å². The van der Waals surface area contributed by atoms with Crippen molar-refractivity contribution in [2.45, 2.75) is 25.4 Å². The zero-order valence-electron chi connectivity index (χ0n) is 16.8. The standard InChI is InChI=1S/C22H25ClN2O4S/c1-30(27,28)25-15-21(29-20-8-7-18(23)14-19(20)25)22(26)24-11-9-17(10-12-24)13-16-5-3-2-4-6-16/h2-8,14,17,21H,9-13,15H2,1H3/t21-/m0/s1. The van der Waals surface area contributed by atoms with Crippen LogP contribution < -0.4 is 9.04 Å². The van der Waals surface area contributed by atoms with Gasteiger partial charge in [-0.3, -0.25) is 9.10 Å². The first-order chi connectivity index (χ1) is 14.3. The summed E-state index contributed by atoms with van der Waals surface area (Å²) in [5, 5.41) is 0.413. The van der Waals surface area contributed by atoms with E-state index in [9.17, 15) is 13.2 Å². The molecule has 2 aliphatic heterocycles. The van der Waals surface area contributed by atoms with Crippen LogP contribution in [0.25, 0.3) is 0 Å². The number of carbonyl (C=O) groups excluding carboxylic acids is 1. The number of hydrogen-bond donors (Lipinski definition) is 0. The molecule has 0 aromatic heterocycles. The summed E-state index contributed by atoms with van der Waals surface area (Å²) < 4.78 is 31.8. The quantitative estimate of drug-likeness (QED) is 0.719. The lowest BCUT2D eigenvalue weighted by molar-refractivity contribution is -0.139. The van der Waals surface area contributed by atoms with Gasteiger partial charge in [0, 0.05) is 18.1 Å². The largest absolute Gasteiger partial charge is 0.476 e. The van der Waals surface area contributed by atoms with Crippen LogP contribution in [-0.2, 0) is 21.2 Å². The van der Waals surface area contributed by atoms with Gasteiger partial charge in [0.1, 0.15) is 5.75 Å². The number of hydrogen-bond acceptors (Lipinski definition) is 4. The molecule has 0 bridgehead atoms. The smallest absolute Gasteiger partial charge is 0.265 e. The molecule has 1 amide bonds. The molecular formula is C22H25ClN2O4S. The van der Waals surface area contributed by atoms with Gasteiger partial charge in [0.15, 0.2) is 6.10 Å². The van der Waals surface area contributed by atoms with Crippen LogP contribution in [0.1, 0.15) is 18.4 Å². The maximum absolute atomic E-state index is 13.1. The van der Waals surface area contributed by atoms with Crippen LogP contribution in [0.4, 0.5) is 5.69 Å². The average molecular weight is 449 g/mol. The monoisotopic (exact) mass is 448 g/mol. The van der Waals surface area contributed by atoms with E-state index in [4.69, 9.17) is 16.3 Å². The highest BCUT2D eigenvalue weighted by Gasteiger charge is 2.38. The topological polar surface area (TPSA) is 66.9 Å². The second-order valence-electron chi connectivity index (χ2n) is 7.97. The molecule has 2 aliphatic rings. The Morgan fingerprint density at radius 3 is 2.50 bits per heavy atom. The van der Waals surface area contributed by atoms with Crippen molar-refractivity contribution in [3.8, 4) is 5.75 Å². The molecule has 0 radical (unpaired) electrons. The molecule has 2 aromatic carbocycles. The number of likely N-dealkylation sites (tertiary alicyclic amines) is 1. The number of anilines is 1. The number of amides is 1. The third-order valence-electron chi connectivity index (χ3n) is 5.76. The van der Waals surface area contributed by atoms with Crippen molar-refractivity contribution in [2.75, 3.05) is 30.2 Å². The summed E-state index contributed by atoms with van der Waals surface area (Å²) in [5.41, 5.74) is 1.69. The highest BCUT2D eigenvalue weighted by Crippen LogP contribution is 2.37. The number of piperidine rings is 1. The van der Waals surface area contributed by atoms with Gasteiger partial charge < -0.3 is 9.64 Å². The lowest BCUT2D eigenvalue weighted by atomic mass is 9.90. The molecule has 2 heterocycles. The molecule has 1 saturated heterocycles. The molecule has 160 valence electrons. The minimum Gasteiger partial charge on any atom is -0.476 e. The first-order valence-corrected chi connectivity index (χ1v) is 12.3. The van der Waals surface area contributed by atoms with Crippen molar-refractivity contribution in [2.24, 2.45) is 5.92 Å². The van der Waals surface area contributed by atoms with E-state index in [-0.39, 0.29) is 12.5 Å². The van der Waals surface area contributed by atoms with E-state index in [2.05, 4.69) is 12.1 Å². The predicted octanol–water partition coefficient (Wildman–Crippen LogP) is 3.35. The van der Waals surface area contributed by atoms with Crippen molar-refractivity contribution >= 4 is 33.2 Å². The Balaban J connectivity index is 1.43. The summed E-state index contributed by atoms with van der Waals surface area (Å²) in [6.07, 6.45) is 3.13. The van der Waals surface area contributed by atoms with Crippen LogP contribution in [0, 0.1) is 5.92 Å². The van der Waals surface area contributed by atoms with Gasteiger partial charge in [0.25, 0.3) is 5.91 Å². The van der Waals surface area contributed by atoms with E-state index in [0.29, 0.717) is 35.5 Å². The van der Waals surface area contributed by atoms with E-state index in [1.54, 1.807) is 23.1 Å². The fourth-order valence-corrected chi connectivity index (χ4v) is 5.25. The number of rotatable bonds is 4. The maximum atomic E-state index is 13.1.